The van der Waals surface area contributed by atoms with E-state index in [4.69, 9.17) is 10.2 Å². The van der Waals surface area contributed by atoms with Crippen molar-refractivity contribution in [1.82, 2.24) is 0 Å². The highest BCUT2D eigenvalue weighted by Gasteiger charge is 2.27. The number of hydrogen-bond acceptors (Lipinski definition) is 4. The largest absolute Gasteiger partial charge is 0.469 e. The molecular formula is C15H17N3O2. The number of nitrogens with zero attached hydrogens (tertiary/aromatic N) is 1. The smallest absolute Gasteiger partial charge is 0.245 e. The number of aryl methyl sites for hydroxylation is 1. The van der Waals surface area contributed by atoms with Gasteiger partial charge in [0.15, 0.2) is 0 Å². The average molecular weight is 271 g/mol. The fraction of sp³-hybridized carbons (Fsp3) is 0.267. The lowest BCUT2D eigenvalue weighted by Gasteiger charge is -2.20. The van der Waals surface area contributed by atoms with E-state index < -0.39 is 6.04 Å². The summed E-state index contributed by atoms with van der Waals surface area (Å²) in [4.78, 5) is 13.7. The second-order valence-electron chi connectivity index (χ2n) is 5.10. The van der Waals surface area contributed by atoms with Crippen LogP contribution in [0.2, 0.25) is 0 Å². The lowest BCUT2D eigenvalue weighted by atomic mass is 10.1. The highest BCUT2D eigenvalue weighted by Crippen LogP contribution is 2.32. The zero-order chi connectivity index (χ0) is 14.3. The van der Waals surface area contributed by atoms with Gasteiger partial charge in [0.1, 0.15) is 11.8 Å². The number of carbonyl (C=O) groups is 1. The molecule has 0 saturated carbocycles. The molecule has 0 spiro atoms. The molecule has 5 heteroatoms. The summed E-state index contributed by atoms with van der Waals surface area (Å²) in [6.45, 7) is 2.70. The minimum atomic E-state index is -0.555. The van der Waals surface area contributed by atoms with E-state index >= 15 is 0 Å². The molecule has 1 aromatic heterocycles. The molecule has 1 aliphatic rings. The summed E-state index contributed by atoms with van der Waals surface area (Å²) in [5.41, 5.74) is 9.64. The molecule has 0 radical (unpaired) electrons. The number of furan rings is 1. The molecule has 1 aromatic carbocycles. The van der Waals surface area contributed by atoms with Crippen molar-refractivity contribution in [2.45, 2.75) is 19.5 Å². The number of hydrogen-bond donors (Lipinski definition) is 2. The molecule has 1 amide bonds. The molecule has 2 heterocycles. The SMILES string of the molecule is Cc1occc1CN(C)c1ccc2c(c1)NC(=O)C2N. The van der Waals surface area contributed by atoms with Crippen molar-refractivity contribution >= 4 is 17.3 Å². The Hall–Kier alpha value is -2.27. The standard InChI is InChI=1S/C15H17N3O2/c1-9-10(5-6-20-9)8-18(2)11-3-4-12-13(7-11)17-15(19)14(12)16/h3-7,14H,8,16H2,1-2H3,(H,17,19). The van der Waals surface area contributed by atoms with Crippen molar-refractivity contribution in [1.29, 1.82) is 0 Å². The third-order valence-electron chi connectivity index (χ3n) is 3.73. The molecule has 3 N–H and O–H groups in total. The van der Waals surface area contributed by atoms with Crippen LogP contribution >= 0.6 is 0 Å². The summed E-state index contributed by atoms with van der Waals surface area (Å²) in [6.07, 6.45) is 1.69. The molecule has 1 unspecified atom stereocenters. The second kappa shape index (κ2) is 4.68. The molecule has 0 fully saturated rings. The van der Waals surface area contributed by atoms with Gasteiger partial charge in [0.25, 0.3) is 0 Å². The van der Waals surface area contributed by atoms with Crippen molar-refractivity contribution in [2.24, 2.45) is 5.73 Å². The van der Waals surface area contributed by atoms with E-state index in [1.165, 1.54) is 0 Å². The van der Waals surface area contributed by atoms with E-state index in [1.807, 2.05) is 38.2 Å². The van der Waals surface area contributed by atoms with Gasteiger partial charge in [-0.15, -0.1) is 0 Å². The quantitative estimate of drug-likeness (QED) is 0.897. The third kappa shape index (κ3) is 2.06. The maximum absolute atomic E-state index is 11.6. The van der Waals surface area contributed by atoms with E-state index in [0.29, 0.717) is 0 Å². The summed E-state index contributed by atoms with van der Waals surface area (Å²) in [5.74, 6) is 0.777. The molecule has 1 atom stereocenters. The monoisotopic (exact) mass is 271 g/mol. The van der Waals surface area contributed by atoms with Gasteiger partial charge in [0.2, 0.25) is 5.91 Å². The second-order valence-corrected chi connectivity index (χ2v) is 5.10. The minimum Gasteiger partial charge on any atom is -0.469 e. The Balaban J connectivity index is 1.83. The predicted octanol–water partition coefficient (Wildman–Crippen LogP) is 2.18. The minimum absolute atomic E-state index is 0.148. The lowest BCUT2D eigenvalue weighted by molar-refractivity contribution is -0.116. The van der Waals surface area contributed by atoms with Crippen LogP contribution in [-0.4, -0.2) is 13.0 Å². The highest BCUT2D eigenvalue weighted by molar-refractivity contribution is 6.02. The number of amides is 1. The topological polar surface area (TPSA) is 71.5 Å². The fourth-order valence-corrected chi connectivity index (χ4v) is 2.43. The fourth-order valence-electron chi connectivity index (χ4n) is 2.43. The molecular weight excluding hydrogens is 254 g/mol. The maximum Gasteiger partial charge on any atom is 0.245 e. The van der Waals surface area contributed by atoms with Crippen molar-refractivity contribution in [2.75, 3.05) is 17.3 Å². The van der Waals surface area contributed by atoms with Gasteiger partial charge in [0.05, 0.1) is 6.26 Å². The molecule has 0 saturated heterocycles. The van der Waals surface area contributed by atoms with Crippen LogP contribution in [0.5, 0.6) is 0 Å². The Morgan fingerprint density at radius 1 is 1.40 bits per heavy atom. The van der Waals surface area contributed by atoms with Gasteiger partial charge in [0, 0.05) is 36.1 Å². The first-order chi connectivity index (χ1) is 9.56. The Kier molecular flexibility index (Phi) is 2.99. The molecule has 2 aromatic rings. The Morgan fingerprint density at radius 2 is 2.20 bits per heavy atom. The molecule has 104 valence electrons. The first-order valence-electron chi connectivity index (χ1n) is 6.51. The number of anilines is 2. The summed E-state index contributed by atoms with van der Waals surface area (Å²) in [5, 5.41) is 2.80. The van der Waals surface area contributed by atoms with Crippen LogP contribution < -0.4 is 16.0 Å². The van der Waals surface area contributed by atoms with E-state index in [-0.39, 0.29) is 5.91 Å². The van der Waals surface area contributed by atoms with Gasteiger partial charge in [-0.1, -0.05) is 6.07 Å². The summed E-state index contributed by atoms with van der Waals surface area (Å²) in [6, 6.07) is 7.26. The zero-order valence-electron chi connectivity index (χ0n) is 11.5. The maximum atomic E-state index is 11.6. The molecule has 0 aliphatic carbocycles. The number of fused-ring (bicyclic) bond motifs is 1. The first kappa shape index (κ1) is 12.7. The number of nitrogens with two attached hydrogens (primary N) is 1. The van der Waals surface area contributed by atoms with E-state index in [9.17, 15) is 4.79 Å². The molecule has 20 heavy (non-hydrogen) atoms. The molecule has 5 nitrogen and oxygen atoms in total. The Morgan fingerprint density at radius 3 is 2.90 bits per heavy atom. The molecule has 3 rings (SSSR count). The van der Waals surface area contributed by atoms with E-state index in [0.717, 1.165) is 34.8 Å². The summed E-state index contributed by atoms with van der Waals surface area (Å²) >= 11 is 0. The highest BCUT2D eigenvalue weighted by atomic mass is 16.3. The zero-order valence-corrected chi connectivity index (χ0v) is 11.5. The van der Waals surface area contributed by atoms with Gasteiger partial charge in [-0.3, -0.25) is 4.79 Å². The van der Waals surface area contributed by atoms with Gasteiger partial charge in [-0.25, -0.2) is 0 Å². The van der Waals surface area contributed by atoms with Crippen LogP contribution in [0.4, 0.5) is 11.4 Å². The van der Waals surface area contributed by atoms with E-state index in [2.05, 4.69) is 10.2 Å². The predicted molar refractivity (Wildman–Crippen MR) is 77.6 cm³/mol. The van der Waals surface area contributed by atoms with Crippen LogP contribution in [0.3, 0.4) is 0 Å². The van der Waals surface area contributed by atoms with Crippen molar-refractivity contribution < 1.29 is 9.21 Å². The first-order valence-corrected chi connectivity index (χ1v) is 6.51. The van der Waals surface area contributed by atoms with Gasteiger partial charge < -0.3 is 20.4 Å². The van der Waals surface area contributed by atoms with Crippen molar-refractivity contribution in [3.05, 3.63) is 47.4 Å². The van der Waals surface area contributed by atoms with Gasteiger partial charge >= 0.3 is 0 Å². The van der Waals surface area contributed by atoms with Crippen LogP contribution in [0.15, 0.2) is 34.9 Å². The number of nitrogens with one attached hydrogen (secondary N) is 1. The Bertz CT molecular complexity index is 663. The molecule has 0 bridgehead atoms. The number of carbonyl (C=O) groups excluding carboxylic acids is 1. The van der Waals surface area contributed by atoms with Gasteiger partial charge in [-0.05, 0) is 25.1 Å². The van der Waals surface area contributed by atoms with Crippen molar-refractivity contribution in [3.63, 3.8) is 0 Å². The van der Waals surface area contributed by atoms with Crippen LogP contribution in [0, 0.1) is 6.92 Å². The van der Waals surface area contributed by atoms with Gasteiger partial charge in [-0.2, -0.15) is 0 Å². The number of rotatable bonds is 3. The lowest BCUT2D eigenvalue weighted by Crippen LogP contribution is -2.19. The van der Waals surface area contributed by atoms with Crippen LogP contribution in [0.25, 0.3) is 0 Å². The summed E-state index contributed by atoms with van der Waals surface area (Å²) in [7, 11) is 2.00. The summed E-state index contributed by atoms with van der Waals surface area (Å²) < 4.78 is 5.30. The number of benzene rings is 1. The third-order valence-corrected chi connectivity index (χ3v) is 3.73. The Labute approximate surface area is 117 Å². The molecule has 1 aliphatic heterocycles. The average Bonchev–Trinajstić information content (AvgIpc) is 2.95. The van der Waals surface area contributed by atoms with Crippen LogP contribution in [0.1, 0.15) is 22.9 Å². The van der Waals surface area contributed by atoms with E-state index in [1.54, 1.807) is 6.26 Å². The van der Waals surface area contributed by atoms with Crippen LogP contribution in [-0.2, 0) is 11.3 Å². The normalized spacial score (nSPS) is 16.9. The van der Waals surface area contributed by atoms with Crippen molar-refractivity contribution in [3.8, 4) is 0 Å².